The zero-order valence-corrected chi connectivity index (χ0v) is 15.5. The first kappa shape index (κ1) is 19.0. The number of aromatic nitrogens is 2. The molecular weight excluding hydrogens is 317 g/mol. The Morgan fingerprint density at radius 1 is 1.32 bits per heavy atom. The minimum Gasteiger partial charge on any atom is -0.356 e. The van der Waals surface area contributed by atoms with Crippen molar-refractivity contribution in [3.05, 3.63) is 53.6 Å². The summed E-state index contributed by atoms with van der Waals surface area (Å²) in [6, 6.07) is 6.76. The molecule has 0 amide bonds. The molecule has 2 N–H and O–H groups in total. The number of benzene rings is 1. The molecule has 1 aromatic carbocycles. The zero-order valence-electron chi connectivity index (χ0n) is 15.5. The van der Waals surface area contributed by atoms with Crippen LogP contribution >= 0.6 is 0 Å². The third-order valence-electron chi connectivity index (χ3n) is 4.22. The van der Waals surface area contributed by atoms with E-state index in [0.29, 0.717) is 6.54 Å². The van der Waals surface area contributed by atoms with Gasteiger partial charge in [0.15, 0.2) is 5.96 Å². The van der Waals surface area contributed by atoms with Crippen LogP contribution in [0.25, 0.3) is 0 Å². The second-order valence-corrected chi connectivity index (χ2v) is 6.87. The fourth-order valence-electron chi connectivity index (χ4n) is 2.64. The van der Waals surface area contributed by atoms with Crippen molar-refractivity contribution in [2.24, 2.45) is 12.0 Å². The van der Waals surface area contributed by atoms with Gasteiger partial charge in [0, 0.05) is 38.8 Å². The maximum atomic E-state index is 13.4. The molecular formula is C19H28FN5. The van der Waals surface area contributed by atoms with Crippen LogP contribution in [0.2, 0.25) is 0 Å². The number of aliphatic imine (C=N–C) groups is 1. The Morgan fingerprint density at radius 2 is 2.12 bits per heavy atom. The summed E-state index contributed by atoms with van der Waals surface area (Å²) in [4.78, 5) is 4.25. The Balaban J connectivity index is 1.77. The van der Waals surface area contributed by atoms with Crippen molar-refractivity contribution in [2.75, 3.05) is 20.1 Å². The third-order valence-corrected chi connectivity index (χ3v) is 4.22. The van der Waals surface area contributed by atoms with Gasteiger partial charge in [-0.1, -0.05) is 26.0 Å². The van der Waals surface area contributed by atoms with E-state index in [1.165, 1.54) is 11.6 Å². The van der Waals surface area contributed by atoms with Gasteiger partial charge in [-0.25, -0.2) is 4.39 Å². The quantitative estimate of drug-likeness (QED) is 0.461. The monoisotopic (exact) mass is 345 g/mol. The van der Waals surface area contributed by atoms with E-state index < -0.39 is 0 Å². The van der Waals surface area contributed by atoms with Crippen LogP contribution in [-0.4, -0.2) is 35.9 Å². The molecule has 1 heterocycles. The minimum absolute atomic E-state index is 0.199. The SMILES string of the molecule is CN=C(NCCCc1cnn(C)c1)NCC(C)(C)c1cccc(F)c1. The van der Waals surface area contributed by atoms with Gasteiger partial charge in [-0.3, -0.25) is 9.67 Å². The van der Waals surface area contributed by atoms with E-state index in [9.17, 15) is 4.39 Å². The largest absolute Gasteiger partial charge is 0.356 e. The van der Waals surface area contributed by atoms with E-state index in [2.05, 4.69) is 34.6 Å². The van der Waals surface area contributed by atoms with Crippen LogP contribution in [0.15, 0.2) is 41.7 Å². The molecule has 6 heteroatoms. The molecule has 0 aliphatic rings. The third kappa shape index (κ3) is 5.89. The average molecular weight is 345 g/mol. The van der Waals surface area contributed by atoms with E-state index in [-0.39, 0.29) is 11.2 Å². The molecule has 0 saturated heterocycles. The fraction of sp³-hybridized carbons (Fsp3) is 0.474. The van der Waals surface area contributed by atoms with Gasteiger partial charge in [0.2, 0.25) is 0 Å². The van der Waals surface area contributed by atoms with E-state index >= 15 is 0 Å². The van der Waals surface area contributed by atoms with Crippen molar-refractivity contribution < 1.29 is 4.39 Å². The van der Waals surface area contributed by atoms with E-state index in [1.54, 1.807) is 19.2 Å². The van der Waals surface area contributed by atoms with Crippen LogP contribution in [0.5, 0.6) is 0 Å². The number of halogens is 1. The molecule has 0 bridgehead atoms. The van der Waals surface area contributed by atoms with Crippen LogP contribution in [0, 0.1) is 5.82 Å². The summed E-state index contributed by atoms with van der Waals surface area (Å²) in [6.45, 7) is 5.67. The number of nitrogens with zero attached hydrogens (tertiary/aromatic N) is 3. The minimum atomic E-state index is -0.205. The second-order valence-electron chi connectivity index (χ2n) is 6.87. The van der Waals surface area contributed by atoms with Crippen molar-refractivity contribution in [1.82, 2.24) is 20.4 Å². The normalized spacial score (nSPS) is 12.3. The summed E-state index contributed by atoms with van der Waals surface area (Å²) in [5.41, 5.74) is 2.00. The number of hydrogen-bond donors (Lipinski definition) is 2. The van der Waals surface area contributed by atoms with Gasteiger partial charge < -0.3 is 10.6 Å². The van der Waals surface area contributed by atoms with Crippen molar-refractivity contribution in [3.8, 4) is 0 Å². The van der Waals surface area contributed by atoms with E-state index in [0.717, 1.165) is 30.9 Å². The first-order valence-corrected chi connectivity index (χ1v) is 8.59. The first-order valence-electron chi connectivity index (χ1n) is 8.59. The molecule has 25 heavy (non-hydrogen) atoms. The lowest BCUT2D eigenvalue weighted by Crippen LogP contribution is -2.43. The van der Waals surface area contributed by atoms with Crippen LogP contribution in [-0.2, 0) is 18.9 Å². The van der Waals surface area contributed by atoms with Crippen LogP contribution in [0.4, 0.5) is 4.39 Å². The molecule has 0 saturated carbocycles. The van der Waals surface area contributed by atoms with Gasteiger partial charge in [-0.2, -0.15) is 5.10 Å². The lowest BCUT2D eigenvalue weighted by atomic mass is 9.84. The summed E-state index contributed by atoms with van der Waals surface area (Å²) in [6.07, 6.45) is 5.91. The maximum Gasteiger partial charge on any atom is 0.191 e. The standard InChI is InChI=1S/C19H28FN5/c1-19(2,16-8-5-9-17(20)11-16)14-23-18(21-3)22-10-6-7-15-12-24-25(4)13-15/h5,8-9,11-13H,6-7,10,14H2,1-4H3,(H2,21,22,23). The molecule has 0 fully saturated rings. The summed E-state index contributed by atoms with van der Waals surface area (Å²) in [5, 5.41) is 10.8. The number of nitrogens with one attached hydrogen (secondary N) is 2. The van der Waals surface area contributed by atoms with Gasteiger partial charge in [0.1, 0.15) is 5.82 Å². The predicted molar refractivity (Wildman–Crippen MR) is 100 cm³/mol. The highest BCUT2D eigenvalue weighted by atomic mass is 19.1. The highest BCUT2D eigenvalue weighted by molar-refractivity contribution is 5.79. The van der Waals surface area contributed by atoms with Crippen molar-refractivity contribution in [2.45, 2.75) is 32.1 Å². The Kier molecular flexibility index (Phi) is 6.56. The lowest BCUT2D eigenvalue weighted by Gasteiger charge is -2.26. The van der Waals surface area contributed by atoms with Crippen LogP contribution in [0.1, 0.15) is 31.4 Å². The summed E-state index contributed by atoms with van der Waals surface area (Å²) >= 11 is 0. The molecule has 1 aromatic heterocycles. The van der Waals surface area contributed by atoms with E-state index in [1.807, 2.05) is 30.2 Å². The predicted octanol–water partition coefficient (Wildman–Crippen LogP) is 2.63. The maximum absolute atomic E-state index is 13.4. The molecule has 136 valence electrons. The van der Waals surface area contributed by atoms with Crippen LogP contribution < -0.4 is 10.6 Å². The van der Waals surface area contributed by atoms with Gasteiger partial charge in [-0.05, 0) is 36.1 Å². The Morgan fingerprint density at radius 3 is 2.76 bits per heavy atom. The Labute approximate surface area is 149 Å². The number of hydrogen-bond acceptors (Lipinski definition) is 2. The van der Waals surface area contributed by atoms with Crippen molar-refractivity contribution in [3.63, 3.8) is 0 Å². The van der Waals surface area contributed by atoms with E-state index in [4.69, 9.17) is 0 Å². The summed E-state index contributed by atoms with van der Waals surface area (Å²) in [5.74, 6) is 0.555. The van der Waals surface area contributed by atoms with Gasteiger partial charge in [0.05, 0.1) is 6.20 Å². The fourth-order valence-corrected chi connectivity index (χ4v) is 2.64. The molecule has 5 nitrogen and oxygen atoms in total. The highest BCUT2D eigenvalue weighted by Gasteiger charge is 2.21. The molecule has 0 spiro atoms. The first-order chi connectivity index (χ1) is 11.9. The zero-order chi connectivity index (χ0) is 18.3. The Bertz CT molecular complexity index is 705. The van der Waals surface area contributed by atoms with Gasteiger partial charge >= 0.3 is 0 Å². The molecule has 0 aliphatic heterocycles. The lowest BCUT2D eigenvalue weighted by molar-refractivity contribution is 0.503. The average Bonchev–Trinajstić information content (AvgIpc) is 2.99. The number of rotatable bonds is 7. The molecule has 0 radical (unpaired) electrons. The number of aryl methyl sites for hydroxylation is 2. The van der Waals surface area contributed by atoms with Crippen molar-refractivity contribution >= 4 is 5.96 Å². The summed E-state index contributed by atoms with van der Waals surface area (Å²) < 4.78 is 15.3. The molecule has 2 aromatic rings. The number of guanidine groups is 1. The summed E-state index contributed by atoms with van der Waals surface area (Å²) in [7, 11) is 3.68. The topological polar surface area (TPSA) is 54.2 Å². The molecule has 0 unspecified atom stereocenters. The van der Waals surface area contributed by atoms with Gasteiger partial charge in [-0.15, -0.1) is 0 Å². The molecule has 2 rings (SSSR count). The smallest absolute Gasteiger partial charge is 0.191 e. The second kappa shape index (κ2) is 8.65. The van der Waals surface area contributed by atoms with Crippen LogP contribution in [0.3, 0.4) is 0 Å². The van der Waals surface area contributed by atoms with Crippen molar-refractivity contribution in [1.29, 1.82) is 0 Å². The molecule has 0 atom stereocenters. The highest BCUT2D eigenvalue weighted by Crippen LogP contribution is 2.22. The van der Waals surface area contributed by atoms with Gasteiger partial charge in [0.25, 0.3) is 0 Å². The Hall–Kier alpha value is -2.37. The molecule has 0 aliphatic carbocycles.